The van der Waals surface area contributed by atoms with Crippen LogP contribution in [0.4, 0.5) is 0 Å². The van der Waals surface area contributed by atoms with Crippen LogP contribution in [-0.2, 0) is 13.0 Å². The molecule has 1 heterocycles. The fourth-order valence-electron chi connectivity index (χ4n) is 2.27. The highest BCUT2D eigenvalue weighted by Crippen LogP contribution is 2.24. The van der Waals surface area contributed by atoms with E-state index >= 15 is 0 Å². The molecule has 0 radical (unpaired) electrons. The highest BCUT2D eigenvalue weighted by atomic mass is 16.5. The fraction of sp³-hybridized carbons (Fsp3) is 0.105. The van der Waals surface area contributed by atoms with E-state index in [4.69, 9.17) is 4.52 Å². The van der Waals surface area contributed by atoms with Gasteiger partial charge in [-0.05, 0) is 5.56 Å². The molecule has 0 spiro atoms. The van der Waals surface area contributed by atoms with Crippen LogP contribution in [0.1, 0.15) is 16.9 Å². The van der Waals surface area contributed by atoms with Crippen molar-refractivity contribution in [2.45, 2.75) is 13.0 Å². The van der Waals surface area contributed by atoms with Crippen LogP contribution in [0.2, 0.25) is 0 Å². The van der Waals surface area contributed by atoms with Crippen molar-refractivity contribution in [1.82, 2.24) is 5.16 Å². The standard InChI is InChI=1S/C19H15N3O/c20-13-17-18(11-12-21-14-15-7-3-1-4-8-15)23-22-19(17)16-9-5-2-6-10-16/h1-10,12H,11,14H2. The summed E-state index contributed by atoms with van der Waals surface area (Å²) in [6, 6.07) is 21.8. The largest absolute Gasteiger partial charge is 0.359 e. The third-order valence-corrected chi connectivity index (χ3v) is 3.44. The van der Waals surface area contributed by atoms with Crippen molar-refractivity contribution in [3.05, 3.63) is 77.6 Å². The van der Waals surface area contributed by atoms with E-state index in [1.54, 1.807) is 6.21 Å². The maximum atomic E-state index is 9.39. The number of aromatic nitrogens is 1. The minimum atomic E-state index is 0.454. The van der Waals surface area contributed by atoms with Gasteiger partial charge in [-0.25, -0.2) is 0 Å². The Morgan fingerprint density at radius 3 is 2.43 bits per heavy atom. The van der Waals surface area contributed by atoms with Gasteiger partial charge in [0.1, 0.15) is 17.3 Å². The zero-order valence-electron chi connectivity index (χ0n) is 12.5. The first-order valence-corrected chi connectivity index (χ1v) is 7.35. The SMILES string of the molecule is N#Cc1c(-c2ccccc2)noc1CC=NCc1ccccc1. The molecule has 112 valence electrons. The summed E-state index contributed by atoms with van der Waals surface area (Å²) >= 11 is 0. The smallest absolute Gasteiger partial charge is 0.160 e. The second-order valence-corrected chi connectivity index (χ2v) is 5.02. The van der Waals surface area contributed by atoms with Crippen molar-refractivity contribution in [3.8, 4) is 17.3 Å². The number of hydrogen-bond donors (Lipinski definition) is 0. The van der Waals surface area contributed by atoms with Crippen LogP contribution >= 0.6 is 0 Å². The molecule has 0 unspecified atom stereocenters. The summed E-state index contributed by atoms with van der Waals surface area (Å²) in [4.78, 5) is 4.37. The maximum Gasteiger partial charge on any atom is 0.160 e. The van der Waals surface area contributed by atoms with E-state index in [0.717, 1.165) is 11.1 Å². The quantitative estimate of drug-likeness (QED) is 0.668. The molecule has 0 atom stereocenters. The molecule has 0 fully saturated rings. The van der Waals surface area contributed by atoms with Crippen LogP contribution in [0.15, 0.2) is 70.2 Å². The Labute approximate surface area is 134 Å². The topological polar surface area (TPSA) is 62.2 Å². The molecule has 0 aliphatic carbocycles. The van der Waals surface area contributed by atoms with Crippen molar-refractivity contribution < 1.29 is 4.52 Å². The van der Waals surface area contributed by atoms with Crippen LogP contribution in [0, 0.1) is 11.3 Å². The Kier molecular flexibility index (Phi) is 4.61. The monoisotopic (exact) mass is 301 g/mol. The van der Waals surface area contributed by atoms with Crippen LogP contribution in [-0.4, -0.2) is 11.4 Å². The average molecular weight is 301 g/mol. The molecule has 0 aliphatic rings. The van der Waals surface area contributed by atoms with Gasteiger partial charge in [0.25, 0.3) is 0 Å². The van der Waals surface area contributed by atoms with E-state index in [-0.39, 0.29) is 0 Å². The fourth-order valence-corrected chi connectivity index (χ4v) is 2.27. The van der Waals surface area contributed by atoms with Gasteiger partial charge in [-0.15, -0.1) is 0 Å². The van der Waals surface area contributed by atoms with E-state index in [0.29, 0.717) is 30.0 Å². The zero-order chi connectivity index (χ0) is 15.9. The summed E-state index contributed by atoms with van der Waals surface area (Å²) < 4.78 is 5.33. The van der Waals surface area contributed by atoms with Gasteiger partial charge in [-0.3, -0.25) is 4.99 Å². The normalized spacial score (nSPS) is 10.7. The van der Waals surface area contributed by atoms with Crippen molar-refractivity contribution in [3.63, 3.8) is 0 Å². The third kappa shape index (κ3) is 3.53. The predicted octanol–water partition coefficient (Wildman–Crippen LogP) is 4.03. The number of hydrogen-bond acceptors (Lipinski definition) is 4. The molecule has 1 aromatic heterocycles. The van der Waals surface area contributed by atoms with Crippen molar-refractivity contribution in [2.24, 2.45) is 4.99 Å². The summed E-state index contributed by atoms with van der Waals surface area (Å²) in [6.45, 7) is 0.613. The lowest BCUT2D eigenvalue weighted by Crippen LogP contribution is -1.90. The Balaban J connectivity index is 1.72. The molecular weight excluding hydrogens is 286 g/mol. The van der Waals surface area contributed by atoms with E-state index in [1.807, 2.05) is 60.7 Å². The molecule has 0 saturated heterocycles. The zero-order valence-corrected chi connectivity index (χ0v) is 12.5. The second-order valence-electron chi connectivity index (χ2n) is 5.02. The second kappa shape index (κ2) is 7.19. The Bertz CT molecular complexity index is 830. The molecule has 0 bridgehead atoms. The lowest BCUT2D eigenvalue weighted by Gasteiger charge is -1.95. The molecule has 0 amide bonds. The maximum absolute atomic E-state index is 9.39. The summed E-state index contributed by atoms with van der Waals surface area (Å²) in [6.07, 6.45) is 2.22. The Hall–Kier alpha value is -3.19. The average Bonchev–Trinajstić information content (AvgIpc) is 3.03. The van der Waals surface area contributed by atoms with Gasteiger partial charge >= 0.3 is 0 Å². The highest BCUT2D eigenvalue weighted by Gasteiger charge is 2.16. The first-order valence-electron chi connectivity index (χ1n) is 7.35. The molecule has 0 aliphatic heterocycles. The summed E-state index contributed by atoms with van der Waals surface area (Å²) in [5.74, 6) is 0.545. The molecule has 23 heavy (non-hydrogen) atoms. The number of benzene rings is 2. The molecule has 4 nitrogen and oxygen atoms in total. The third-order valence-electron chi connectivity index (χ3n) is 3.44. The predicted molar refractivity (Wildman–Crippen MR) is 89.0 cm³/mol. The minimum Gasteiger partial charge on any atom is -0.359 e. The summed E-state index contributed by atoms with van der Waals surface area (Å²) in [5.41, 5.74) is 3.08. The van der Waals surface area contributed by atoms with E-state index in [1.165, 1.54) is 0 Å². The lowest BCUT2D eigenvalue weighted by molar-refractivity contribution is 0.395. The van der Waals surface area contributed by atoms with Crippen LogP contribution in [0.5, 0.6) is 0 Å². The summed E-state index contributed by atoms with van der Waals surface area (Å²) in [5, 5.41) is 13.4. The molecule has 3 aromatic rings. The number of nitriles is 1. The number of rotatable bonds is 5. The van der Waals surface area contributed by atoms with Crippen LogP contribution in [0.25, 0.3) is 11.3 Å². The minimum absolute atomic E-state index is 0.454. The molecule has 0 saturated carbocycles. The van der Waals surface area contributed by atoms with Gasteiger partial charge in [0.05, 0.1) is 6.54 Å². The first-order chi connectivity index (χ1) is 11.4. The van der Waals surface area contributed by atoms with Crippen molar-refractivity contribution >= 4 is 6.21 Å². The van der Waals surface area contributed by atoms with Gasteiger partial charge in [0.15, 0.2) is 5.76 Å². The van der Waals surface area contributed by atoms with Gasteiger partial charge in [0.2, 0.25) is 0 Å². The number of nitrogens with zero attached hydrogens (tertiary/aromatic N) is 3. The first kappa shape index (κ1) is 14.7. The van der Waals surface area contributed by atoms with Crippen LogP contribution in [0.3, 0.4) is 0 Å². The molecule has 0 N–H and O–H groups in total. The molecule has 3 rings (SSSR count). The molecule has 4 heteroatoms. The number of aliphatic imine (C=N–C) groups is 1. The van der Waals surface area contributed by atoms with Crippen LogP contribution < -0.4 is 0 Å². The van der Waals surface area contributed by atoms with Gasteiger partial charge in [-0.1, -0.05) is 65.8 Å². The van der Waals surface area contributed by atoms with E-state index < -0.39 is 0 Å². The van der Waals surface area contributed by atoms with Crippen molar-refractivity contribution in [1.29, 1.82) is 5.26 Å². The molecule has 2 aromatic carbocycles. The highest BCUT2D eigenvalue weighted by molar-refractivity contribution is 5.70. The van der Waals surface area contributed by atoms with E-state index in [2.05, 4.69) is 16.2 Å². The lowest BCUT2D eigenvalue weighted by atomic mass is 10.1. The molecular formula is C19H15N3O. The summed E-state index contributed by atoms with van der Waals surface area (Å²) in [7, 11) is 0. The Morgan fingerprint density at radius 1 is 1.04 bits per heavy atom. The van der Waals surface area contributed by atoms with Crippen molar-refractivity contribution in [2.75, 3.05) is 0 Å². The van der Waals surface area contributed by atoms with Gasteiger partial charge in [-0.2, -0.15) is 5.26 Å². The Morgan fingerprint density at radius 2 is 1.74 bits per heavy atom. The van der Waals surface area contributed by atoms with Gasteiger partial charge < -0.3 is 4.52 Å². The van der Waals surface area contributed by atoms with Gasteiger partial charge in [0, 0.05) is 18.2 Å². The van der Waals surface area contributed by atoms with E-state index in [9.17, 15) is 5.26 Å².